The van der Waals surface area contributed by atoms with Crippen LogP contribution < -0.4 is 0 Å². The zero-order valence-corrected chi connectivity index (χ0v) is 10.6. The zero-order valence-electron chi connectivity index (χ0n) is 10.6. The van der Waals surface area contributed by atoms with Crippen molar-refractivity contribution in [2.45, 2.75) is 44.6 Å². The van der Waals surface area contributed by atoms with Gasteiger partial charge in [0.2, 0.25) is 5.91 Å². The van der Waals surface area contributed by atoms with Crippen molar-refractivity contribution in [2.24, 2.45) is 5.92 Å². The number of ether oxygens (including phenoxy) is 1. The molecule has 18 heavy (non-hydrogen) atoms. The third-order valence-electron chi connectivity index (χ3n) is 3.88. The zero-order chi connectivity index (χ0) is 13.0. The number of rotatable bonds is 5. The van der Waals surface area contributed by atoms with Crippen LogP contribution in [0.5, 0.6) is 0 Å². The van der Waals surface area contributed by atoms with Gasteiger partial charge < -0.3 is 14.7 Å². The minimum atomic E-state index is -0.872. The Balaban J connectivity index is 1.72. The summed E-state index contributed by atoms with van der Waals surface area (Å²) in [5, 5.41) is 8.72. The maximum Gasteiger partial charge on any atom is 0.306 e. The molecule has 0 radical (unpaired) electrons. The predicted octanol–water partition coefficient (Wildman–Crippen LogP) is 1.27. The van der Waals surface area contributed by atoms with Gasteiger partial charge in [0.05, 0.1) is 19.1 Å². The van der Waals surface area contributed by atoms with Gasteiger partial charge in [-0.3, -0.25) is 9.59 Å². The average Bonchev–Trinajstić information content (AvgIpc) is 2.26. The number of nitrogens with zero attached hydrogens (tertiary/aromatic N) is 1. The number of amides is 1. The van der Waals surface area contributed by atoms with Crippen molar-refractivity contribution in [1.29, 1.82) is 0 Å². The van der Waals surface area contributed by atoms with E-state index in [1.165, 1.54) is 19.3 Å². The molecule has 1 N–H and O–H groups in total. The summed E-state index contributed by atoms with van der Waals surface area (Å²) in [6.45, 7) is 1.47. The lowest BCUT2D eigenvalue weighted by Gasteiger charge is -2.33. The van der Waals surface area contributed by atoms with Crippen LogP contribution in [0.15, 0.2) is 0 Å². The van der Waals surface area contributed by atoms with E-state index in [9.17, 15) is 9.59 Å². The van der Waals surface area contributed by atoms with Gasteiger partial charge in [0.25, 0.3) is 0 Å². The van der Waals surface area contributed by atoms with E-state index in [-0.39, 0.29) is 18.4 Å². The molecule has 2 rings (SSSR count). The Kier molecular flexibility index (Phi) is 4.58. The minimum Gasteiger partial charge on any atom is -0.481 e. The van der Waals surface area contributed by atoms with Gasteiger partial charge in [-0.25, -0.2) is 0 Å². The monoisotopic (exact) mass is 255 g/mol. The second-order valence-corrected chi connectivity index (χ2v) is 5.27. The van der Waals surface area contributed by atoms with E-state index in [0.717, 1.165) is 12.3 Å². The van der Waals surface area contributed by atoms with E-state index in [1.54, 1.807) is 4.90 Å². The standard InChI is InChI=1S/C13H21NO4/c15-12(5-4-10-2-1-3-10)14-6-7-18-11(9-14)8-13(16)17/h10-11H,1-9H2,(H,16,17). The van der Waals surface area contributed by atoms with E-state index < -0.39 is 5.97 Å². The van der Waals surface area contributed by atoms with Crippen molar-refractivity contribution in [3.8, 4) is 0 Å². The minimum absolute atomic E-state index is 0.0214. The van der Waals surface area contributed by atoms with Gasteiger partial charge >= 0.3 is 5.97 Å². The first-order valence-corrected chi connectivity index (χ1v) is 6.76. The van der Waals surface area contributed by atoms with Gasteiger partial charge in [0.15, 0.2) is 0 Å². The number of carboxylic acid groups (broad SMARTS) is 1. The van der Waals surface area contributed by atoms with Crippen LogP contribution in [0, 0.1) is 5.92 Å². The van der Waals surface area contributed by atoms with Crippen LogP contribution in [-0.4, -0.2) is 47.7 Å². The van der Waals surface area contributed by atoms with Crippen LogP contribution in [-0.2, 0) is 14.3 Å². The molecule has 2 aliphatic rings. The molecule has 0 aromatic carbocycles. The molecule has 1 saturated carbocycles. The Morgan fingerprint density at radius 1 is 1.33 bits per heavy atom. The van der Waals surface area contributed by atoms with Crippen LogP contribution >= 0.6 is 0 Å². The fraction of sp³-hybridized carbons (Fsp3) is 0.846. The summed E-state index contributed by atoms with van der Waals surface area (Å²) >= 11 is 0. The topological polar surface area (TPSA) is 66.8 Å². The second kappa shape index (κ2) is 6.18. The molecule has 0 aromatic heterocycles. The van der Waals surface area contributed by atoms with E-state index >= 15 is 0 Å². The SMILES string of the molecule is O=C(O)CC1CN(C(=O)CCC2CCC2)CCO1. The van der Waals surface area contributed by atoms with Crippen LogP contribution in [0.1, 0.15) is 38.5 Å². The lowest BCUT2D eigenvalue weighted by molar-refractivity contribution is -0.147. The summed E-state index contributed by atoms with van der Waals surface area (Å²) in [6, 6.07) is 0. The van der Waals surface area contributed by atoms with Crippen molar-refractivity contribution >= 4 is 11.9 Å². The van der Waals surface area contributed by atoms with Gasteiger partial charge in [-0.05, 0) is 12.3 Å². The quantitative estimate of drug-likeness (QED) is 0.803. The normalized spacial score (nSPS) is 24.7. The Morgan fingerprint density at radius 2 is 2.11 bits per heavy atom. The Morgan fingerprint density at radius 3 is 2.72 bits per heavy atom. The second-order valence-electron chi connectivity index (χ2n) is 5.27. The van der Waals surface area contributed by atoms with Gasteiger partial charge in [-0.15, -0.1) is 0 Å². The smallest absolute Gasteiger partial charge is 0.306 e. The first-order valence-electron chi connectivity index (χ1n) is 6.76. The molecule has 1 aliphatic heterocycles. The number of morpholine rings is 1. The van der Waals surface area contributed by atoms with Crippen LogP contribution in [0.4, 0.5) is 0 Å². The number of aliphatic carboxylic acids is 1. The lowest BCUT2D eigenvalue weighted by atomic mass is 9.82. The summed E-state index contributed by atoms with van der Waals surface area (Å²) in [4.78, 5) is 24.4. The molecule has 1 aliphatic carbocycles. The van der Waals surface area contributed by atoms with Gasteiger partial charge in [0.1, 0.15) is 0 Å². The van der Waals surface area contributed by atoms with Gasteiger partial charge in [-0.2, -0.15) is 0 Å². The molecule has 1 unspecified atom stereocenters. The molecule has 0 spiro atoms. The number of carboxylic acids is 1. The van der Waals surface area contributed by atoms with E-state index in [2.05, 4.69) is 0 Å². The maximum absolute atomic E-state index is 12.0. The predicted molar refractivity (Wildman–Crippen MR) is 65.1 cm³/mol. The lowest BCUT2D eigenvalue weighted by Crippen LogP contribution is -2.46. The molecule has 102 valence electrons. The first kappa shape index (κ1) is 13.3. The largest absolute Gasteiger partial charge is 0.481 e. The van der Waals surface area contributed by atoms with Crippen LogP contribution in [0.25, 0.3) is 0 Å². The summed E-state index contributed by atoms with van der Waals surface area (Å²) < 4.78 is 5.35. The Bertz CT molecular complexity index is 314. The fourth-order valence-electron chi connectivity index (χ4n) is 2.53. The summed E-state index contributed by atoms with van der Waals surface area (Å²) in [5.41, 5.74) is 0. The molecule has 1 atom stereocenters. The van der Waals surface area contributed by atoms with E-state index in [0.29, 0.717) is 26.1 Å². The number of hydrogen-bond acceptors (Lipinski definition) is 3. The number of hydrogen-bond donors (Lipinski definition) is 1. The molecule has 2 fully saturated rings. The third-order valence-corrected chi connectivity index (χ3v) is 3.88. The molecular weight excluding hydrogens is 234 g/mol. The van der Waals surface area contributed by atoms with Crippen molar-refractivity contribution in [3.63, 3.8) is 0 Å². The molecule has 1 heterocycles. The molecule has 1 amide bonds. The maximum atomic E-state index is 12.0. The highest BCUT2D eigenvalue weighted by Crippen LogP contribution is 2.30. The van der Waals surface area contributed by atoms with Crippen molar-refractivity contribution < 1.29 is 19.4 Å². The van der Waals surface area contributed by atoms with Crippen molar-refractivity contribution in [3.05, 3.63) is 0 Å². The van der Waals surface area contributed by atoms with Crippen LogP contribution in [0.3, 0.4) is 0 Å². The first-order chi connectivity index (χ1) is 8.65. The molecule has 0 bridgehead atoms. The van der Waals surface area contributed by atoms with Gasteiger partial charge in [-0.1, -0.05) is 19.3 Å². The highest BCUT2D eigenvalue weighted by Gasteiger charge is 2.26. The van der Waals surface area contributed by atoms with Crippen LogP contribution in [0.2, 0.25) is 0 Å². The Hall–Kier alpha value is -1.10. The third kappa shape index (κ3) is 3.70. The van der Waals surface area contributed by atoms with E-state index in [4.69, 9.17) is 9.84 Å². The van der Waals surface area contributed by atoms with Gasteiger partial charge in [0, 0.05) is 19.5 Å². The molecule has 0 aromatic rings. The average molecular weight is 255 g/mol. The highest BCUT2D eigenvalue weighted by molar-refractivity contribution is 5.76. The summed E-state index contributed by atoms with van der Waals surface area (Å²) in [5.74, 6) is 0.0224. The summed E-state index contributed by atoms with van der Waals surface area (Å²) in [6.07, 6.45) is 5.05. The Labute approximate surface area is 107 Å². The highest BCUT2D eigenvalue weighted by atomic mass is 16.5. The fourth-order valence-corrected chi connectivity index (χ4v) is 2.53. The van der Waals surface area contributed by atoms with E-state index in [1.807, 2.05) is 0 Å². The molecule has 1 saturated heterocycles. The summed E-state index contributed by atoms with van der Waals surface area (Å²) in [7, 11) is 0. The number of carbonyl (C=O) groups is 2. The van der Waals surface area contributed by atoms with Crippen molar-refractivity contribution in [1.82, 2.24) is 4.90 Å². The van der Waals surface area contributed by atoms with Crippen molar-refractivity contribution in [2.75, 3.05) is 19.7 Å². The molecule has 5 nitrogen and oxygen atoms in total. The molecular formula is C13H21NO4. The number of carbonyl (C=O) groups excluding carboxylic acids is 1. The molecule has 5 heteroatoms.